The van der Waals surface area contributed by atoms with Crippen LogP contribution in [0.4, 0.5) is 4.39 Å². The zero-order valence-corrected chi connectivity index (χ0v) is 12.1. The molecule has 1 heterocycles. The molecule has 0 aliphatic heterocycles. The van der Waals surface area contributed by atoms with Crippen molar-refractivity contribution in [2.45, 2.75) is 6.54 Å². The molecule has 5 heteroatoms. The van der Waals surface area contributed by atoms with Crippen molar-refractivity contribution in [3.8, 4) is 0 Å². The van der Waals surface area contributed by atoms with Crippen LogP contribution < -0.4 is 0 Å². The number of hydrogen-bond acceptors (Lipinski definition) is 2. The van der Waals surface area contributed by atoms with E-state index in [2.05, 4.69) is 15.9 Å². The van der Waals surface area contributed by atoms with E-state index in [0.717, 1.165) is 9.35 Å². The van der Waals surface area contributed by atoms with Crippen LogP contribution >= 0.6 is 27.3 Å². The molecule has 0 fully saturated rings. The zero-order chi connectivity index (χ0) is 13.1. The van der Waals surface area contributed by atoms with Crippen LogP contribution in [-0.2, 0) is 6.54 Å². The van der Waals surface area contributed by atoms with Gasteiger partial charge in [-0.3, -0.25) is 4.79 Å². The Morgan fingerprint density at radius 2 is 1.94 bits per heavy atom. The number of thiophene rings is 1. The molecule has 0 N–H and O–H groups in total. The van der Waals surface area contributed by atoms with Gasteiger partial charge in [-0.2, -0.15) is 0 Å². The summed E-state index contributed by atoms with van der Waals surface area (Å²) < 4.78 is 13.7. The van der Waals surface area contributed by atoms with Crippen LogP contribution in [0.1, 0.15) is 15.2 Å². The number of benzene rings is 1. The summed E-state index contributed by atoms with van der Waals surface area (Å²) in [6.45, 7) is 0.467. The summed E-state index contributed by atoms with van der Waals surface area (Å²) in [7, 11) is 1.74. The predicted molar refractivity (Wildman–Crippen MR) is 74.2 cm³/mol. The van der Waals surface area contributed by atoms with Crippen LogP contribution in [0.25, 0.3) is 0 Å². The number of rotatable bonds is 3. The lowest BCUT2D eigenvalue weighted by Gasteiger charge is -2.16. The second-order valence-corrected chi connectivity index (χ2v) is 6.35. The standard InChI is InChI=1S/C13H11BrFNOS/c1-16(8-9-2-4-10(15)5-3-9)13(17)11-6-7-12(14)18-11/h2-7H,8H2,1H3. The predicted octanol–water partition coefficient (Wildman–Crippen LogP) is 3.92. The van der Waals surface area contributed by atoms with Gasteiger partial charge in [-0.25, -0.2) is 4.39 Å². The normalized spacial score (nSPS) is 10.4. The van der Waals surface area contributed by atoms with E-state index in [1.165, 1.54) is 23.5 Å². The Balaban J connectivity index is 2.05. The summed E-state index contributed by atoms with van der Waals surface area (Å²) in [5, 5.41) is 0. The molecule has 1 aromatic heterocycles. The molecule has 0 bridgehead atoms. The Morgan fingerprint density at radius 1 is 1.28 bits per heavy atom. The Kier molecular flexibility index (Phi) is 4.14. The molecule has 0 atom stereocenters. The summed E-state index contributed by atoms with van der Waals surface area (Å²) in [6.07, 6.45) is 0. The van der Waals surface area contributed by atoms with Crippen molar-refractivity contribution in [2.24, 2.45) is 0 Å². The highest BCUT2D eigenvalue weighted by Crippen LogP contribution is 2.23. The van der Waals surface area contributed by atoms with E-state index in [0.29, 0.717) is 11.4 Å². The Bertz CT molecular complexity index is 552. The Hall–Kier alpha value is -1.20. The molecule has 94 valence electrons. The molecule has 0 aliphatic rings. The third-order valence-corrected chi connectivity index (χ3v) is 4.08. The Labute approximate surface area is 117 Å². The van der Waals surface area contributed by atoms with Crippen molar-refractivity contribution >= 4 is 33.2 Å². The van der Waals surface area contributed by atoms with Crippen molar-refractivity contribution in [1.82, 2.24) is 4.90 Å². The lowest BCUT2D eigenvalue weighted by Crippen LogP contribution is -2.25. The van der Waals surface area contributed by atoms with Gasteiger partial charge in [0.05, 0.1) is 8.66 Å². The van der Waals surface area contributed by atoms with Gasteiger partial charge >= 0.3 is 0 Å². The second-order valence-electron chi connectivity index (χ2n) is 3.89. The fourth-order valence-corrected chi connectivity index (χ4v) is 2.93. The van der Waals surface area contributed by atoms with E-state index in [1.807, 2.05) is 6.07 Å². The van der Waals surface area contributed by atoms with Crippen LogP contribution in [-0.4, -0.2) is 17.9 Å². The maximum Gasteiger partial charge on any atom is 0.264 e. The number of hydrogen-bond donors (Lipinski definition) is 0. The SMILES string of the molecule is CN(Cc1ccc(F)cc1)C(=O)c1ccc(Br)s1. The number of halogens is 2. The molecule has 0 saturated carbocycles. The largest absolute Gasteiger partial charge is 0.337 e. The highest BCUT2D eigenvalue weighted by molar-refractivity contribution is 9.11. The first kappa shape index (κ1) is 13.2. The minimum Gasteiger partial charge on any atom is -0.337 e. The van der Waals surface area contributed by atoms with Gasteiger partial charge in [0.25, 0.3) is 5.91 Å². The van der Waals surface area contributed by atoms with Crippen LogP contribution in [0.15, 0.2) is 40.2 Å². The van der Waals surface area contributed by atoms with Gasteiger partial charge in [-0.05, 0) is 45.8 Å². The average Bonchev–Trinajstić information content (AvgIpc) is 2.78. The average molecular weight is 328 g/mol. The lowest BCUT2D eigenvalue weighted by molar-refractivity contribution is 0.0790. The fraction of sp³-hybridized carbons (Fsp3) is 0.154. The number of carbonyl (C=O) groups excluding carboxylic acids is 1. The summed E-state index contributed by atoms with van der Waals surface area (Å²) in [6, 6.07) is 9.81. The molecule has 0 aliphatic carbocycles. The van der Waals surface area contributed by atoms with Crippen molar-refractivity contribution < 1.29 is 9.18 Å². The van der Waals surface area contributed by atoms with E-state index >= 15 is 0 Å². The molecule has 18 heavy (non-hydrogen) atoms. The Morgan fingerprint density at radius 3 is 2.50 bits per heavy atom. The van der Waals surface area contributed by atoms with Crippen LogP contribution in [0, 0.1) is 5.82 Å². The number of amides is 1. The monoisotopic (exact) mass is 327 g/mol. The molecule has 1 amide bonds. The highest BCUT2D eigenvalue weighted by Gasteiger charge is 2.13. The van der Waals surface area contributed by atoms with Crippen LogP contribution in [0.2, 0.25) is 0 Å². The van der Waals surface area contributed by atoms with Gasteiger partial charge < -0.3 is 4.90 Å². The van der Waals surface area contributed by atoms with Crippen LogP contribution in [0.3, 0.4) is 0 Å². The molecular weight excluding hydrogens is 317 g/mol. The molecule has 2 aromatic rings. The molecule has 0 saturated heterocycles. The fourth-order valence-electron chi connectivity index (χ4n) is 1.55. The van der Waals surface area contributed by atoms with E-state index in [9.17, 15) is 9.18 Å². The summed E-state index contributed by atoms with van der Waals surface area (Å²) in [5.74, 6) is -0.301. The molecule has 0 spiro atoms. The highest BCUT2D eigenvalue weighted by atomic mass is 79.9. The number of carbonyl (C=O) groups is 1. The van der Waals surface area contributed by atoms with Crippen molar-refractivity contribution in [1.29, 1.82) is 0 Å². The number of nitrogens with zero attached hydrogens (tertiary/aromatic N) is 1. The van der Waals surface area contributed by atoms with Gasteiger partial charge in [-0.15, -0.1) is 11.3 Å². The zero-order valence-electron chi connectivity index (χ0n) is 9.69. The lowest BCUT2D eigenvalue weighted by atomic mass is 10.2. The van der Waals surface area contributed by atoms with E-state index in [4.69, 9.17) is 0 Å². The quantitative estimate of drug-likeness (QED) is 0.836. The third kappa shape index (κ3) is 3.17. The van der Waals surface area contributed by atoms with Crippen LogP contribution in [0.5, 0.6) is 0 Å². The molecule has 1 aromatic carbocycles. The second kappa shape index (κ2) is 5.63. The summed E-state index contributed by atoms with van der Waals surface area (Å²) in [5.41, 5.74) is 0.905. The maximum atomic E-state index is 12.8. The molecule has 0 radical (unpaired) electrons. The first-order valence-corrected chi connectivity index (χ1v) is 6.92. The molecule has 0 unspecified atom stereocenters. The van der Waals surface area contributed by atoms with Gasteiger partial charge in [0.2, 0.25) is 0 Å². The first-order valence-electron chi connectivity index (χ1n) is 5.31. The summed E-state index contributed by atoms with van der Waals surface area (Å²) in [4.78, 5) is 14.4. The van der Waals surface area contributed by atoms with E-state index < -0.39 is 0 Å². The van der Waals surface area contributed by atoms with Crippen molar-refractivity contribution in [3.63, 3.8) is 0 Å². The molecular formula is C13H11BrFNOS. The van der Waals surface area contributed by atoms with E-state index in [1.54, 1.807) is 30.1 Å². The summed E-state index contributed by atoms with van der Waals surface area (Å²) >= 11 is 4.73. The first-order chi connectivity index (χ1) is 8.56. The van der Waals surface area contributed by atoms with Gasteiger partial charge in [-0.1, -0.05) is 12.1 Å². The minimum atomic E-state index is -0.269. The van der Waals surface area contributed by atoms with Gasteiger partial charge in [0.1, 0.15) is 5.82 Å². The topological polar surface area (TPSA) is 20.3 Å². The smallest absolute Gasteiger partial charge is 0.264 e. The van der Waals surface area contributed by atoms with Crippen molar-refractivity contribution in [3.05, 3.63) is 56.4 Å². The molecule has 2 rings (SSSR count). The van der Waals surface area contributed by atoms with Gasteiger partial charge in [0.15, 0.2) is 0 Å². The van der Waals surface area contributed by atoms with Gasteiger partial charge in [0, 0.05) is 13.6 Å². The third-order valence-electron chi connectivity index (χ3n) is 2.46. The van der Waals surface area contributed by atoms with Crippen molar-refractivity contribution in [2.75, 3.05) is 7.05 Å². The maximum absolute atomic E-state index is 12.8. The molecule has 2 nitrogen and oxygen atoms in total. The van der Waals surface area contributed by atoms with E-state index in [-0.39, 0.29) is 11.7 Å². The minimum absolute atomic E-state index is 0.0324.